The Hall–Kier alpha value is -1.05. The van der Waals surface area contributed by atoms with Crippen LogP contribution in [0.15, 0.2) is 18.2 Å². The van der Waals surface area contributed by atoms with Gasteiger partial charge in [-0.25, -0.2) is 4.98 Å². The topological polar surface area (TPSA) is 22.1 Å². The Bertz CT molecular complexity index is 378. The van der Waals surface area contributed by atoms with E-state index in [0.29, 0.717) is 6.10 Å². The molecular formula is C15H21NO. The van der Waals surface area contributed by atoms with Crippen molar-refractivity contribution in [2.75, 3.05) is 0 Å². The predicted molar refractivity (Wildman–Crippen MR) is 68.1 cm³/mol. The van der Waals surface area contributed by atoms with E-state index >= 15 is 0 Å². The molecule has 3 rings (SSSR count). The van der Waals surface area contributed by atoms with Crippen molar-refractivity contribution < 1.29 is 4.74 Å². The molecule has 2 heteroatoms. The Morgan fingerprint density at radius 3 is 2.65 bits per heavy atom. The van der Waals surface area contributed by atoms with Crippen LogP contribution in [0.1, 0.15) is 44.7 Å². The van der Waals surface area contributed by atoms with Crippen molar-refractivity contribution in [1.82, 2.24) is 4.98 Å². The van der Waals surface area contributed by atoms with Crippen LogP contribution in [-0.4, -0.2) is 11.1 Å². The van der Waals surface area contributed by atoms with Gasteiger partial charge in [0.2, 0.25) is 5.88 Å². The summed E-state index contributed by atoms with van der Waals surface area (Å²) in [5, 5.41) is 0. The fraction of sp³-hybridized carbons (Fsp3) is 0.667. The summed E-state index contributed by atoms with van der Waals surface area (Å²) in [5.74, 6) is 2.68. The minimum atomic E-state index is 0.417. The van der Waals surface area contributed by atoms with Gasteiger partial charge in [0.05, 0.1) is 0 Å². The molecule has 2 nitrogen and oxygen atoms in total. The standard InChI is InChI=1S/C15H21NO/c1-2-13-4-3-5-15(16-13)17-14-9-11-6-7-12(8-11)10-14/h3-5,11-12,14H,2,6-10H2,1H3/t11-,12+,14?. The molecule has 2 saturated carbocycles. The summed E-state index contributed by atoms with van der Waals surface area (Å²) in [7, 11) is 0. The molecule has 0 N–H and O–H groups in total. The number of aryl methyl sites for hydroxylation is 1. The van der Waals surface area contributed by atoms with Crippen molar-refractivity contribution in [3.05, 3.63) is 23.9 Å². The van der Waals surface area contributed by atoms with Crippen LogP contribution in [0.5, 0.6) is 5.88 Å². The van der Waals surface area contributed by atoms with Crippen molar-refractivity contribution in [2.45, 2.75) is 51.6 Å². The molecule has 92 valence electrons. The molecule has 0 amide bonds. The molecule has 1 heterocycles. The van der Waals surface area contributed by atoms with Crippen LogP contribution in [0.25, 0.3) is 0 Å². The quantitative estimate of drug-likeness (QED) is 0.793. The average Bonchev–Trinajstić information content (AvgIpc) is 2.69. The van der Waals surface area contributed by atoms with Crippen molar-refractivity contribution >= 4 is 0 Å². The largest absolute Gasteiger partial charge is 0.474 e. The lowest BCUT2D eigenvalue weighted by Gasteiger charge is -2.27. The molecule has 1 aromatic rings. The zero-order chi connectivity index (χ0) is 11.7. The summed E-state index contributed by atoms with van der Waals surface area (Å²) < 4.78 is 6.07. The van der Waals surface area contributed by atoms with E-state index in [1.54, 1.807) is 0 Å². The second kappa shape index (κ2) is 4.67. The van der Waals surface area contributed by atoms with Gasteiger partial charge < -0.3 is 4.74 Å². The molecule has 2 bridgehead atoms. The van der Waals surface area contributed by atoms with Crippen LogP contribution in [0.2, 0.25) is 0 Å². The third-order valence-corrected chi connectivity index (χ3v) is 4.27. The normalized spacial score (nSPS) is 31.5. The number of nitrogens with zero attached hydrogens (tertiary/aromatic N) is 1. The summed E-state index contributed by atoms with van der Waals surface area (Å²) in [5.41, 5.74) is 1.13. The lowest BCUT2D eigenvalue weighted by atomic mass is 9.87. The summed E-state index contributed by atoms with van der Waals surface area (Å²) in [6, 6.07) is 6.12. The van der Waals surface area contributed by atoms with Gasteiger partial charge in [-0.3, -0.25) is 0 Å². The maximum atomic E-state index is 6.07. The SMILES string of the molecule is CCc1cccc(OC2C[C@H]3CC[C@@H](C2)C3)n1. The maximum Gasteiger partial charge on any atom is 0.213 e. The highest BCUT2D eigenvalue weighted by atomic mass is 16.5. The highest BCUT2D eigenvalue weighted by Crippen LogP contribution is 2.42. The van der Waals surface area contributed by atoms with Gasteiger partial charge in [0, 0.05) is 11.8 Å². The van der Waals surface area contributed by atoms with Crippen LogP contribution in [0.3, 0.4) is 0 Å². The Morgan fingerprint density at radius 2 is 1.94 bits per heavy atom. The van der Waals surface area contributed by atoms with Crippen LogP contribution >= 0.6 is 0 Å². The van der Waals surface area contributed by atoms with Crippen LogP contribution < -0.4 is 4.74 Å². The number of hydrogen-bond donors (Lipinski definition) is 0. The number of fused-ring (bicyclic) bond motifs is 2. The fourth-order valence-corrected chi connectivity index (χ4v) is 3.43. The molecule has 0 radical (unpaired) electrons. The van der Waals surface area contributed by atoms with Gasteiger partial charge in [0.1, 0.15) is 6.10 Å². The number of rotatable bonds is 3. The van der Waals surface area contributed by atoms with Gasteiger partial charge in [-0.15, -0.1) is 0 Å². The smallest absolute Gasteiger partial charge is 0.213 e. The molecule has 17 heavy (non-hydrogen) atoms. The first-order valence-electron chi connectivity index (χ1n) is 6.96. The van der Waals surface area contributed by atoms with Crippen molar-refractivity contribution in [1.29, 1.82) is 0 Å². The van der Waals surface area contributed by atoms with Gasteiger partial charge in [0.15, 0.2) is 0 Å². The first kappa shape index (κ1) is 11.1. The molecule has 0 aromatic carbocycles. The van der Waals surface area contributed by atoms with Crippen LogP contribution in [0, 0.1) is 11.8 Å². The van der Waals surface area contributed by atoms with E-state index in [2.05, 4.69) is 24.0 Å². The number of pyridine rings is 1. The second-order valence-electron chi connectivity index (χ2n) is 5.58. The molecule has 1 unspecified atom stereocenters. The minimum Gasteiger partial charge on any atom is -0.474 e. The third-order valence-electron chi connectivity index (χ3n) is 4.27. The van der Waals surface area contributed by atoms with E-state index in [-0.39, 0.29) is 0 Å². The first-order valence-corrected chi connectivity index (χ1v) is 6.96. The molecule has 1 aromatic heterocycles. The number of ether oxygens (including phenoxy) is 1. The Labute approximate surface area is 103 Å². The molecule has 3 atom stereocenters. The fourth-order valence-electron chi connectivity index (χ4n) is 3.43. The van der Waals surface area contributed by atoms with Gasteiger partial charge in [-0.05, 0) is 43.6 Å². The van der Waals surface area contributed by atoms with E-state index in [4.69, 9.17) is 4.74 Å². The molecule has 2 aliphatic carbocycles. The van der Waals surface area contributed by atoms with E-state index in [9.17, 15) is 0 Å². The summed E-state index contributed by atoms with van der Waals surface area (Å²) in [6.45, 7) is 2.13. The molecule has 0 aliphatic heterocycles. The van der Waals surface area contributed by atoms with E-state index < -0.39 is 0 Å². The molecule has 2 fully saturated rings. The zero-order valence-corrected chi connectivity index (χ0v) is 10.6. The highest BCUT2D eigenvalue weighted by molar-refractivity contribution is 5.16. The lowest BCUT2D eigenvalue weighted by Crippen LogP contribution is -2.26. The van der Waals surface area contributed by atoms with Crippen LogP contribution in [-0.2, 0) is 6.42 Å². The summed E-state index contributed by atoms with van der Waals surface area (Å²) in [6.07, 6.45) is 8.18. The van der Waals surface area contributed by atoms with E-state index in [1.807, 2.05) is 6.07 Å². The molecule has 0 spiro atoms. The first-order chi connectivity index (χ1) is 8.33. The number of aromatic nitrogens is 1. The summed E-state index contributed by atoms with van der Waals surface area (Å²) >= 11 is 0. The van der Waals surface area contributed by atoms with Crippen LogP contribution in [0.4, 0.5) is 0 Å². The van der Waals surface area contributed by atoms with Crippen molar-refractivity contribution in [3.63, 3.8) is 0 Å². The van der Waals surface area contributed by atoms with E-state index in [0.717, 1.165) is 29.8 Å². The molecular weight excluding hydrogens is 210 g/mol. The average molecular weight is 231 g/mol. The van der Waals surface area contributed by atoms with Gasteiger partial charge >= 0.3 is 0 Å². The number of hydrogen-bond acceptors (Lipinski definition) is 2. The zero-order valence-electron chi connectivity index (χ0n) is 10.6. The predicted octanol–water partition coefficient (Wildman–Crippen LogP) is 3.60. The van der Waals surface area contributed by atoms with Crippen molar-refractivity contribution in [2.24, 2.45) is 11.8 Å². The molecule has 2 aliphatic rings. The minimum absolute atomic E-state index is 0.417. The van der Waals surface area contributed by atoms with Gasteiger partial charge in [-0.2, -0.15) is 0 Å². The third kappa shape index (κ3) is 2.46. The van der Waals surface area contributed by atoms with Gasteiger partial charge in [0.25, 0.3) is 0 Å². The molecule has 0 saturated heterocycles. The Balaban J connectivity index is 1.66. The van der Waals surface area contributed by atoms with Gasteiger partial charge in [-0.1, -0.05) is 25.8 Å². The Morgan fingerprint density at radius 1 is 1.18 bits per heavy atom. The second-order valence-corrected chi connectivity index (χ2v) is 5.58. The van der Waals surface area contributed by atoms with E-state index in [1.165, 1.54) is 32.1 Å². The van der Waals surface area contributed by atoms with Crippen molar-refractivity contribution in [3.8, 4) is 5.88 Å². The lowest BCUT2D eigenvalue weighted by molar-refractivity contribution is 0.113. The maximum absolute atomic E-state index is 6.07. The summed E-state index contributed by atoms with van der Waals surface area (Å²) in [4.78, 5) is 4.53. The highest BCUT2D eigenvalue weighted by Gasteiger charge is 2.35. The Kier molecular flexibility index (Phi) is 3.04. The monoisotopic (exact) mass is 231 g/mol.